The van der Waals surface area contributed by atoms with Gasteiger partial charge in [-0.1, -0.05) is 19.8 Å². The quantitative estimate of drug-likeness (QED) is 0.656. The zero-order valence-electron chi connectivity index (χ0n) is 9.32. The van der Waals surface area contributed by atoms with E-state index in [9.17, 15) is 0 Å². The lowest BCUT2D eigenvalue weighted by atomic mass is 9.64. The second-order valence-electron chi connectivity index (χ2n) is 5.70. The first-order valence-electron chi connectivity index (χ1n) is 5.81. The van der Waals surface area contributed by atoms with Crippen molar-refractivity contribution < 1.29 is 0 Å². The molecule has 1 heterocycles. The maximum atomic E-state index is 3.66. The van der Waals surface area contributed by atoms with E-state index in [1.807, 2.05) is 0 Å². The summed E-state index contributed by atoms with van der Waals surface area (Å²) in [7, 11) is 0. The zero-order chi connectivity index (χ0) is 9.53. The number of rotatable bonds is 1. The minimum Gasteiger partial charge on any atom is -0.311 e. The van der Waals surface area contributed by atoms with Gasteiger partial charge in [0.1, 0.15) is 0 Å². The molecule has 0 amide bonds. The Labute approximate surface area is 82.3 Å². The highest BCUT2D eigenvalue weighted by molar-refractivity contribution is 5.05. The van der Waals surface area contributed by atoms with Gasteiger partial charge in [-0.15, -0.1) is 0 Å². The van der Waals surface area contributed by atoms with Crippen molar-refractivity contribution in [3.63, 3.8) is 0 Å². The Morgan fingerprint density at radius 3 is 2.15 bits per heavy atom. The smallest absolute Gasteiger partial charge is 0.0181 e. The molecule has 2 rings (SSSR count). The Bertz CT molecular complexity index is 191. The van der Waals surface area contributed by atoms with Gasteiger partial charge in [0.15, 0.2) is 0 Å². The summed E-state index contributed by atoms with van der Waals surface area (Å²) < 4.78 is 0. The normalized spacial score (nSPS) is 39.9. The molecule has 13 heavy (non-hydrogen) atoms. The molecule has 0 radical (unpaired) electrons. The van der Waals surface area contributed by atoms with Gasteiger partial charge >= 0.3 is 0 Å². The molecule has 1 atom stereocenters. The monoisotopic (exact) mass is 181 g/mol. The van der Waals surface area contributed by atoms with Crippen LogP contribution in [0.25, 0.3) is 0 Å². The summed E-state index contributed by atoms with van der Waals surface area (Å²) in [6.45, 7) is 8.50. The van der Waals surface area contributed by atoms with Gasteiger partial charge in [-0.3, -0.25) is 0 Å². The molecule has 76 valence electrons. The molecule has 0 bridgehead atoms. The summed E-state index contributed by atoms with van der Waals surface area (Å²) >= 11 is 0. The van der Waals surface area contributed by atoms with Crippen LogP contribution in [-0.4, -0.2) is 12.1 Å². The van der Waals surface area contributed by atoms with Crippen LogP contribution in [0.4, 0.5) is 0 Å². The van der Waals surface area contributed by atoms with E-state index in [2.05, 4.69) is 26.1 Å². The molecule has 0 spiro atoms. The number of hydrogen-bond donors (Lipinski definition) is 1. The Morgan fingerprint density at radius 1 is 1.08 bits per heavy atom. The van der Waals surface area contributed by atoms with Crippen molar-refractivity contribution in [3.8, 4) is 0 Å². The maximum absolute atomic E-state index is 3.66. The van der Waals surface area contributed by atoms with Crippen LogP contribution in [0.1, 0.15) is 52.9 Å². The predicted octanol–water partition coefficient (Wildman–Crippen LogP) is 2.95. The molecule has 1 heteroatoms. The van der Waals surface area contributed by atoms with Crippen LogP contribution in [0.5, 0.6) is 0 Å². The first-order chi connectivity index (χ1) is 6.06. The Balaban J connectivity index is 2.17. The highest BCUT2D eigenvalue weighted by Gasteiger charge is 2.50. The van der Waals surface area contributed by atoms with Crippen LogP contribution >= 0.6 is 0 Å². The van der Waals surface area contributed by atoms with Gasteiger partial charge in [0, 0.05) is 5.54 Å². The molecule has 1 unspecified atom stereocenters. The van der Waals surface area contributed by atoms with Crippen molar-refractivity contribution >= 4 is 0 Å². The van der Waals surface area contributed by atoms with Crippen LogP contribution in [0.2, 0.25) is 0 Å². The average Bonchev–Trinajstić information content (AvgIpc) is 2.61. The van der Waals surface area contributed by atoms with E-state index in [1.54, 1.807) is 0 Å². The van der Waals surface area contributed by atoms with E-state index in [0.29, 0.717) is 11.0 Å². The Hall–Kier alpha value is -0.0400. The summed E-state index contributed by atoms with van der Waals surface area (Å²) in [5.41, 5.74) is 0.922. The maximum Gasteiger partial charge on any atom is 0.0181 e. The van der Waals surface area contributed by atoms with Gasteiger partial charge in [-0.05, 0) is 51.0 Å². The summed E-state index contributed by atoms with van der Waals surface area (Å²) in [6, 6.07) is 0. The molecule has 1 nitrogen and oxygen atoms in total. The van der Waals surface area contributed by atoms with Crippen LogP contribution in [-0.2, 0) is 0 Å². The topological polar surface area (TPSA) is 12.0 Å². The van der Waals surface area contributed by atoms with Crippen LogP contribution in [0, 0.1) is 11.3 Å². The molecule has 1 N–H and O–H groups in total. The molecule has 0 aromatic rings. The van der Waals surface area contributed by atoms with Gasteiger partial charge in [-0.25, -0.2) is 0 Å². The summed E-state index contributed by atoms with van der Waals surface area (Å²) in [6.07, 6.45) is 7.26. The molecule has 2 fully saturated rings. The second kappa shape index (κ2) is 2.98. The van der Waals surface area contributed by atoms with Crippen molar-refractivity contribution in [2.24, 2.45) is 11.3 Å². The van der Waals surface area contributed by atoms with Crippen molar-refractivity contribution in [1.29, 1.82) is 0 Å². The van der Waals surface area contributed by atoms with E-state index >= 15 is 0 Å². The second-order valence-corrected chi connectivity index (χ2v) is 5.70. The van der Waals surface area contributed by atoms with Gasteiger partial charge < -0.3 is 5.32 Å². The highest BCUT2D eigenvalue weighted by Crippen LogP contribution is 2.51. The molecule has 1 saturated carbocycles. The third-order valence-electron chi connectivity index (χ3n) is 4.90. The average molecular weight is 181 g/mol. The van der Waals surface area contributed by atoms with Gasteiger partial charge in [0.05, 0.1) is 0 Å². The number of hydrogen-bond acceptors (Lipinski definition) is 1. The SMILES string of the molecule is CC1(C)NCCC1(C)C1CCCC1. The summed E-state index contributed by atoms with van der Waals surface area (Å²) in [5, 5.41) is 3.66. The standard InChI is InChI=1S/C12H23N/c1-11(2)12(3,8-9-13-11)10-6-4-5-7-10/h10,13H,4-9H2,1-3H3. The predicted molar refractivity (Wildman–Crippen MR) is 56.8 cm³/mol. The van der Waals surface area contributed by atoms with E-state index in [4.69, 9.17) is 0 Å². The Kier molecular flexibility index (Phi) is 2.18. The van der Waals surface area contributed by atoms with Crippen LogP contribution < -0.4 is 5.32 Å². The van der Waals surface area contributed by atoms with Gasteiger partial charge in [0.25, 0.3) is 0 Å². The first kappa shape index (κ1) is 9.51. The lowest BCUT2D eigenvalue weighted by Crippen LogP contribution is -2.48. The molecule has 1 aliphatic heterocycles. The third kappa shape index (κ3) is 1.32. The molecule has 1 aliphatic carbocycles. The van der Waals surface area contributed by atoms with E-state index in [-0.39, 0.29) is 0 Å². The minimum absolute atomic E-state index is 0.363. The third-order valence-corrected chi connectivity index (χ3v) is 4.90. The van der Waals surface area contributed by atoms with Gasteiger partial charge in [-0.2, -0.15) is 0 Å². The summed E-state index contributed by atoms with van der Waals surface area (Å²) in [5.74, 6) is 0.984. The van der Waals surface area contributed by atoms with Crippen molar-refractivity contribution in [3.05, 3.63) is 0 Å². The van der Waals surface area contributed by atoms with Crippen molar-refractivity contribution in [1.82, 2.24) is 5.32 Å². The zero-order valence-corrected chi connectivity index (χ0v) is 9.32. The summed E-state index contributed by atoms with van der Waals surface area (Å²) in [4.78, 5) is 0. The van der Waals surface area contributed by atoms with Crippen molar-refractivity contribution in [2.45, 2.75) is 58.4 Å². The van der Waals surface area contributed by atoms with E-state index in [0.717, 1.165) is 5.92 Å². The molecule has 2 aliphatic rings. The molecular weight excluding hydrogens is 158 g/mol. The Morgan fingerprint density at radius 2 is 1.69 bits per heavy atom. The van der Waals surface area contributed by atoms with E-state index in [1.165, 1.54) is 38.6 Å². The highest BCUT2D eigenvalue weighted by atomic mass is 15.0. The number of nitrogens with one attached hydrogen (secondary N) is 1. The lowest BCUT2D eigenvalue weighted by Gasteiger charge is -2.43. The molecule has 1 saturated heterocycles. The van der Waals surface area contributed by atoms with Crippen LogP contribution in [0.15, 0.2) is 0 Å². The fraction of sp³-hybridized carbons (Fsp3) is 1.00. The fourth-order valence-corrected chi connectivity index (χ4v) is 3.43. The first-order valence-corrected chi connectivity index (χ1v) is 5.81. The van der Waals surface area contributed by atoms with Crippen molar-refractivity contribution in [2.75, 3.05) is 6.54 Å². The van der Waals surface area contributed by atoms with E-state index < -0.39 is 0 Å². The lowest BCUT2D eigenvalue weighted by molar-refractivity contribution is 0.107. The molecule has 0 aromatic heterocycles. The van der Waals surface area contributed by atoms with Gasteiger partial charge in [0.2, 0.25) is 0 Å². The minimum atomic E-state index is 0.363. The van der Waals surface area contributed by atoms with Crippen LogP contribution in [0.3, 0.4) is 0 Å². The largest absolute Gasteiger partial charge is 0.311 e. The molecule has 0 aromatic carbocycles. The molecular formula is C12H23N. The fourth-order valence-electron chi connectivity index (χ4n) is 3.43.